The molecule has 0 aromatic carbocycles. The fourth-order valence-electron chi connectivity index (χ4n) is 5.12. The van der Waals surface area contributed by atoms with Crippen LogP contribution >= 0.6 is 0 Å². The maximum Gasteiger partial charge on any atom is 0.225 e. The molecule has 0 bridgehead atoms. The van der Waals surface area contributed by atoms with Crippen LogP contribution in [0.2, 0.25) is 0 Å². The van der Waals surface area contributed by atoms with Gasteiger partial charge in [0.25, 0.3) is 0 Å². The molecule has 3 fully saturated rings. The van der Waals surface area contributed by atoms with E-state index in [0.29, 0.717) is 24.2 Å². The van der Waals surface area contributed by atoms with E-state index in [1.807, 2.05) is 30.4 Å². The summed E-state index contributed by atoms with van der Waals surface area (Å²) in [7, 11) is 0. The topological polar surface area (TPSA) is 91.2 Å². The zero-order chi connectivity index (χ0) is 25.0. The largest absolute Gasteiger partial charge is 0.348 e. The average molecular weight is 495 g/mol. The molecule has 3 aromatic rings. The van der Waals surface area contributed by atoms with Crippen LogP contribution in [-0.4, -0.2) is 70.0 Å². The molecule has 3 aliphatic rings. The van der Waals surface area contributed by atoms with E-state index in [1.165, 1.54) is 25.7 Å². The number of pyridine rings is 1. The molecule has 3 aliphatic heterocycles. The molecule has 0 saturated carbocycles. The van der Waals surface area contributed by atoms with Gasteiger partial charge in [0.15, 0.2) is 5.78 Å². The van der Waals surface area contributed by atoms with Gasteiger partial charge in [0.1, 0.15) is 5.82 Å². The Morgan fingerprint density at radius 2 is 1.11 bits per heavy atom. The predicted octanol–water partition coefficient (Wildman–Crippen LogP) is 3.42. The molecular weight excluding hydrogens is 464 g/mol. The Morgan fingerprint density at radius 1 is 0.622 bits per heavy atom. The van der Waals surface area contributed by atoms with E-state index >= 15 is 0 Å². The highest BCUT2D eigenvalue weighted by atomic mass is 16.1. The molecule has 0 spiro atoms. The minimum Gasteiger partial charge on any atom is -0.348 e. The van der Waals surface area contributed by atoms with Crippen molar-refractivity contribution in [2.75, 3.05) is 54.0 Å². The Kier molecular flexibility index (Phi) is 6.58. The second-order valence-electron chi connectivity index (χ2n) is 9.73. The number of hydrogen-bond donors (Lipinski definition) is 0. The average Bonchev–Trinajstić information content (AvgIpc) is 3.68. The van der Waals surface area contributed by atoms with Crippen molar-refractivity contribution in [3.63, 3.8) is 0 Å². The van der Waals surface area contributed by atoms with Crippen LogP contribution in [-0.2, 0) is 4.79 Å². The third kappa shape index (κ3) is 5.21. The summed E-state index contributed by atoms with van der Waals surface area (Å²) in [5, 5.41) is 0. The first-order valence-corrected chi connectivity index (χ1v) is 13.0. The normalized spacial score (nSPS) is 20.4. The zero-order valence-corrected chi connectivity index (χ0v) is 20.8. The first-order chi connectivity index (χ1) is 18.2. The number of Topliss-reactive ketones (excluding diaryl/α,β-unsaturated/α-hetero) is 1. The summed E-state index contributed by atoms with van der Waals surface area (Å²) >= 11 is 0. The lowest BCUT2D eigenvalue weighted by molar-refractivity contribution is -0.112. The molecule has 6 heterocycles. The summed E-state index contributed by atoms with van der Waals surface area (Å²) < 4.78 is 0. The highest BCUT2D eigenvalue weighted by molar-refractivity contribution is 6.15. The quantitative estimate of drug-likeness (QED) is 0.495. The van der Waals surface area contributed by atoms with Crippen molar-refractivity contribution in [1.29, 1.82) is 0 Å². The van der Waals surface area contributed by atoms with E-state index in [4.69, 9.17) is 0 Å². The molecule has 188 valence electrons. The molecule has 0 amide bonds. The molecule has 0 atom stereocenters. The monoisotopic (exact) mass is 494 g/mol. The highest BCUT2D eigenvalue weighted by Crippen LogP contribution is 2.26. The number of ketones is 1. The Hall–Kier alpha value is -4.14. The molecule has 0 aliphatic carbocycles. The molecule has 0 N–H and O–H groups in total. The van der Waals surface area contributed by atoms with Crippen LogP contribution in [0.4, 0.5) is 17.7 Å². The van der Waals surface area contributed by atoms with Crippen LogP contribution in [0.3, 0.4) is 0 Å². The fourth-order valence-corrected chi connectivity index (χ4v) is 5.12. The van der Waals surface area contributed by atoms with Gasteiger partial charge in [-0.1, -0.05) is 6.07 Å². The number of anilines is 3. The van der Waals surface area contributed by atoms with Gasteiger partial charge in [-0.2, -0.15) is 0 Å². The van der Waals surface area contributed by atoms with Gasteiger partial charge in [0, 0.05) is 92.5 Å². The predicted molar refractivity (Wildman–Crippen MR) is 144 cm³/mol. The standard InChI is InChI=1S/C28H30N8O/c37-26-23(13-21-15-30-27(31-16-21)34-9-3-4-10-34)19-36(25-7-1-2-8-29-25)20-24(26)14-22-17-32-28(33-18-22)35-11-5-6-12-35/h1-2,7-8,13-18H,3-6,9-12,19-20H2/b23-13-,24-14+. The van der Waals surface area contributed by atoms with E-state index < -0.39 is 0 Å². The van der Waals surface area contributed by atoms with Gasteiger partial charge in [0.2, 0.25) is 11.9 Å². The van der Waals surface area contributed by atoms with Crippen LogP contribution in [0.15, 0.2) is 60.3 Å². The van der Waals surface area contributed by atoms with Crippen molar-refractivity contribution in [2.45, 2.75) is 25.7 Å². The van der Waals surface area contributed by atoms with Gasteiger partial charge in [-0.15, -0.1) is 0 Å². The van der Waals surface area contributed by atoms with Gasteiger partial charge < -0.3 is 14.7 Å². The summed E-state index contributed by atoms with van der Waals surface area (Å²) in [6.07, 6.45) is 17.5. The smallest absolute Gasteiger partial charge is 0.225 e. The number of carbonyl (C=O) groups excluding carboxylic acids is 1. The van der Waals surface area contributed by atoms with E-state index in [0.717, 1.165) is 55.0 Å². The number of aromatic nitrogens is 5. The lowest BCUT2D eigenvalue weighted by Crippen LogP contribution is -2.38. The van der Waals surface area contributed by atoms with Crippen LogP contribution in [0.5, 0.6) is 0 Å². The molecular formula is C28H30N8O. The first-order valence-electron chi connectivity index (χ1n) is 13.0. The van der Waals surface area contributed by atoms with Gasteiger partial charge in [-0.3, -0.25) is 4.79 Å². The van der Waals surface area contributed by atoms with Crippen LogP contribution in [0.25, 0.3) is 12.2 Å². The number of hydrogen-bond acceptors (Lipinski definition) is 9. The van der Waals surface area contributed by atoms with Crippen LogP contribution in [0.1, 0.15) is 36.8 Å². The van der Waals surface area contributed by atoms with Gasteiger partial charge in [-0.25, -0.2) is 24.9 Å². The zero-order valence-electron chi connectivity index (χ0n) is 20.8. The lowest BCUT2D eigenvalue weighted by atomic mass is 9.95. The van der Waals surface area contributed by atoms with E-state index in [-0.39, 0.29) is 5.78 Å². The molecule has 9 heteroatoms. The van der Waals surface area contributed by atoms with Crippen molar-refractivity contribution in [3.05, 3.63) is 71.5 Å². The third-order valence-corrected chi connectivity index (χ3v) is 7.05. The number of piperidine rings is 1. The van der Waals surface area contributed by atoms with Crippen molar-refractivity contribution < 1.29 is 4.79 Å². The Labute approximate surface area is 216 Å². The Bertz CT molecular complexity index is 1210. The highest BCUT2D eigenvalue weighted by Gasteiger charge is 2.27. The lowest BCUT2D eigenvalue weighted by Gasteiger charge is -2.30. The molecule has 0 radical (unpaired) electrons. The molecule has 0 unspecified atom stereocenters. The van der Waals surface area contributed by atoms with Gasteiger partial charge in [-0.05, 0) is 50.0 Å². The van der Waals surface area contributed by atoms with Crippen molar-refractivity contribution in [2.24, 2.45) is 0 Å². The van der Waals surface area contributed by atoms with Crippen molar-refractivity contribution >= 4 is 35.6 Å². The van der Waals surface area contributed by atoms with Crippen LogP contribution in [0, 0.1) is 0 Å². The summed E-state index contributed by atoms with van der Waals surface area (Å²) in [6.45, 7) is 4.91. The van der Waals surface area contributed by atoms with Gasteiger partial charge in [0.05, 0.1) is 0 Å². The number of rotatable bonds is 5. The fraction of sp³-hybridized carbons (Fsp3) is 0.357. The third-order valence-electron chi connectivity index (χ3n) is 7.05. The van der Waals surface area contributed by atoms with E-state index in [9.17, 15) is 4.79 Å². The maximum atomic E-state index is 13.6. The molecule has 37 heavy (non-hydrogen) atoms. The van der Waals surface area contributed by atoms with Crippen LogP contribution < -0.4 is 14.7 Å². The summed E-state index contributed by atoms with van der Waals surface area (Å²) in [4.78, 5) is 42.8. The molecule has 3 saturated heterocycles. The number of carbonyl (C=O) groups is 1. The maximum absolute atomic E-state index is 13.6. The molecule has 3 aromatic heterocycles. The minimum absolute atomic E-state index is 0.0134. The SMILES string of the molecule is O=C1/C(=C\c2cnc(N3CCCC3)nc2)CN(c2ccccn2)C/C1=C\c1cnc(N2CCCC2)nc1. The molecule has 9 nitrogen and oxygen atoms in total. The van der Waals surface area contributed by atoms with Gasteiger partial charge >= 0.3 is 0 Å². The first kappa shape index (κ1) is 23.3. The summed E-state index contributed by atoms with van der Waals surface area (Å²) in [6, 6.07) is 5.82. The number of nitrogens with zero attached hydrogens (tertiary/aromatic N) is 8. The summed E-state index contributed by atoms with van der Waals surface area (Å²) in [5.74, 6) is 2.35. The molecule has 6 rings (SSSR count). The van der Waals surface area contributed by atoms with Crippen molar-refractivity contribution in [1.82, 2.24) is 24.9 Å². The second-order valence-corrected chi connectivity index (χ2v) is 9.73. The second kappa shape index (κ2) is 10.5. The van der Waals surface area contributed by atoms with E-state index in [2.05, 4.69) is 39.6 Å². The van der Waals surface area contributed by atoms with Crippen molar-refractivity contribution in [3.8, 4) is 0 Å². The van der Waals surface area contributed by atoms with E-state index in [1.54, 1.807) is 31.0 Å². The minimum atomic E-state index is 0.0134. The Morgan fingerprint density at radius 3 is 1.54 bits per heavy atom. The summed E-state index contributed by atoms with van der Waals surface area (Å²) in [5.41, 5.74) is 2.98. The Balaban J connectivity index is 1.28.